The van der Waals surface area contributed by atoms with Gasteiger partial charge in [0.05, 0.1) is 13.7 Å². The van der Waals surface area contributed by atoms with Crippen molar-refractivity contribution in [1.82, 2.24) is 15.1 Å². The van der Waals surface area contributed by atoms with Gasteiger partial charge in [0.25, 0.3) is 5.91 Å². The molecule has 1 amide bonds. The highest BCUT2D eigenvalue weighted by molar-refractivity contribution is 5.96. The summed E-state index contributed by atoms with van der Waals surface area (Å²) in [4.78, 5) is 12.2. The Morgan fingerprint density at radius 1 is 1.33 bits per heavy atom. The van der Waals surface area contributed by atoms with Gasteiger partial charge in [0.2, 0.25) is 5.88 Å². The Morgan fingerprint density at radius 2 is 2.08 bits per heavy atom. The Morgan fingerprint density at radius 3 is 2.71 bits per heavy atom. The molecule has 0 aliphatic carbocycles. The first-order valence-electron chi connectivity index (χ1n) is 7.39. The zero-order valence-electron chi connectivity index (χ0n) is 13.8. The van der Waals surface area contributed by atoms with Crippen molar-refractivity contribution >= 4 is 5.91 Å². The summed E-state index contributed by atoms with van der Waals surface area (Å²) in [5.74, 6) is 0.739. The van der Waals surface area contributed by atoms with E-state index in [4.69, 9.17) is 14.2 Å². The number of ether oxygens (including phenoxy) is 3. The Labute approximate surface area is 140 Å². The SMILES string of the molecule is C=CCOc1nn(Cc2ccc(OC)cc2)cc1C(=O)NCOC. The van der Waals surface area contributed by atoms with E-state index in [1.807, 2.05) is 24.3 Å². The molecule has 0 atom stereocenters. The fraction of sp³-hybridized carbons (Fsp3) is 0.294. The number of methoxy groups -OCH3 is 2. The van der Waals surface area contributed by atoms with Crippen LogP contribution < -0.4 is 14.8 Å². The van der Waals surface area contributed by atoms with Gasteiger partial charge in [-0.2, -0.15) is 0 Å². The highest BCUT2D eigenvalue weighted by Gasteiger charge is 2.17. The van der Waals surface area contributed by atoms with Crippen molar-refractivity contribution < 1.29 is 19.0 Å². The number of nitrogens with zero attached hydrogens (tertiary/aromatic N) is 2. The minimum Gasteiger partial charge on any atom is -0.497 e. The van der Waals surface area contributed by atoms with E-state index in [-0.39, 0.29) is 25.1 Å². The first kappa shape index (κ1) is 17.6. The van der Waals surface area contributed by atoms with Crippen molar-refractivity contribution in [2.75, 3.05) is 27.6 Å². The summed E-state index contributed by atoms with van der Waals surface area (Å²) in [5, 5.41) is 6.95. The molecule has 0 unspecified atom stereocenters. The number of nitrogens with one attached hydrogen (secondary N) is 1. The van der Waals surface area contributed by atoms with E-state index in [0.29, 0.717) is 12.1 Å². The van der Waals surface area contributed by atoms with Crippen molar-refractivity contribution in [2.24, 2.45) is 0 Å². The number of amides is 1. The molecule has 1 aromatic carbocycles. The number of hydrogen-bond acceptors (Lipinski definition) is 5. The molecule has 0 saturated carbocycles. The number of rotatable bonds is 9. The number of carbonyl (C=O) groups excluding carboxylic acids is 1. The van der Waals surface area contributed by atoms with Crippen molar-refractivity contribution in [2.45, 2.75) is 6.54 Å². The first-order chi connectivity index (χ1) is 11.7. The molecule has 1 heterocycles. The molecule has 1 N–H and O–H groups in total. The predicted molar refractivity (Wildman–Crippen MR) is 89.4 cm³/mol. The second-order valence-corrected chi connectivity index (χ2v) is 4.93. The highest BCUT2D eigenvalue weighted by Crippen LogP contribution is 2.18. The van der Waals surface area contributed by atoms with Crippen molar-refractivity contribution in [3.8, 4) is 11.6 Å². The van der Waals surface area contributed by atoms with Crippen LogP contribution in [-0.4, -0.2) is 43.2 Å². The van der Waals surface area contributed by atoms with Crippen LogP contribution in [0.25, 0.3) is 0 Å². The van der Waals surface area contributed by atoms with Crippen LogP contribution in [0, 0.1) is 0 Å². The van der Waals surface area contributed by atoms with E-state index in [1.54, 1.807) is 24.1 Å². The van der Waals surface area contributed by atoms with Gasteiger partial charge in [-0.25, -0.2) is 0 Å². The summed E-state index contributed by atoms with van der Waals surface area (Å²) in [5.41, 5.74) is 1.37. The van der Waals surface area contributed by atoms with Gasteiger partial charge in [-0.05, 0) is 17.7 Å². The standard InChI is InChI=1S/C17H21N3O4/c1-4-9-24-17-15(16(21)18-12-22-2)11-20(19-17)10-13-5-7-14(23-3)8-6-13/h4-8,11H,1,9-10,12H2,2-3H3,(H,18,21). The van der Waals surface area contributed by atoms with Gasteiger partial charge >= 0.3 is 0 Å². The monoisotopic (exact) mass is 331 g/mol. The summed E-state index contributed by atoms with van der Waals surface area (Å²) < 4.78 is 17.1. The Balaban J connectivity index is 2.17. The van der Waals surface area contributed by atoms with Gasteiger partial charge in [-0.1, -0.05) is 24.8 Å². The Hall–Kier alpha value is -2.80. The van der Waals surface area contributed by atoms with Crippen LogP contribution in [-0.2, 0) is 11.3 Å². The predicted octanol–water partition coefficient (Wildman–Crippen LogP) is 1.84. The molecule has 128 valence electrons. The number of hydrogen-bond donors (Lipinski definition) is 1. The molecule has 1 aromatic heterocycles. The Kier molecular flexibility index (Phi) is 6.39. The van der Waals surface area contributed by atoms with E-state index >= 15 is 0 Å². The van der Waals surface area contributed by atoms with Gasteiger partial charge in [0, 0.05) is 13.3 Å². The summed E-state index contributed by atoms with van der Waals surface area (Å²) in [6, 6.07) is 7.63. The molecule has 0 spiro atoms. The second kappa shape index (κ2) is 8.73. The van der Waals surface area contributed by atoms with E-state index in [1.165, 1.54) is 7.11 Å². The zero-order valence-corrected chi connectivity index (χ0v) is 13.8. The summed E-state index contributed by atoms with van der Waals surface area (Å²) >= 11 is 0. The van der Waals surface area contributed by atoms with E-state index in [0.717, 1.165) is 11.3 Å². The molecule has 0 aliphatic rings. The summed E-state index contributed by atoms with van der Waals surface area (Å²) in [6.07, 6.45) is 3.24. The van der Waals surface area contributed by atoms with Crippen LogP contribution in [0.1, 0.15) is 15.9 Å². The molecule has 0 saturated heterocycles. The Bertz CT molecular complexity index is 680. The van der Waals surface area contributed by atoms with Crippen molar-refractivity contribution in [3.05, 3.63) is 54.2 Å². The normalized spacial score (nSPS) is 10.2. The number of aromatic nitrogens is 2. The van der Waals surface area contributed by atoms with E-state index in [9.17, 15) is 4.79 Å². The lowest BCUT2D eigenvalue weighted by Crippen LogP contribution is -2.25. The maximum atomic E-state index is 12.2. The van der Waals surface area contributed by atoms with Gasteiger partial charge in [0.1, 0.15) is 24.7 Å². The van der Waals surface area contributed by atoms with Crippen molar-refractivity contribution in [1.29, 1.82) is 0 Å². The minimum absolute atomic E-state index is 0.114. The average Bonchev–Trinajstić information content (AvgIpc) is 3.01. The molecular weight excluding hydrogens is 310 g/mol. The molecule has 7 nitrogen and oxygen atoms in total. The molecule has 24 heavy (non-hydrogen) atoms. The van der Waals surface area contributed by atoms with Crippen LogP contribution >= 0.6 is 0 Å². The molecule has 0 fully saturated rings. The first-order valence-corrected chi connectivity index (χ1v) is 7.39. The van der Waals surface area contributed by atoms with Gasteiger partial charge in [-0.15, -0.1) is 5.10 Å². The topological polar surface area (TPSA) is 74.6 Å². The molecule has 2 rings (SSSR count). The summed E-state index contributed by atoms with van der Waals surface area (Å²) in [7, 11) is 3.12. The molecular formula is C17H21N3O4. The second-order valence-electron chi connectivity index (χ2n) is 4.93. The minimum atomic E-state index is -0.308. The number of carbonyl (C=O) groups is 1. The summed E-state index contributed by atoms with van der Waals surface area (Å²) in [6.45, 7) is 4.49. The maximum Gasteiger partial charge on any atom is 0.260 e. The largest absolute Gasteiger partial charge is 0.497 e. The fourth-order valence-corrected chi connectivity index (χ4v) is 2.04. The quantitative estimate of drug-likeness (QED) is 0.560. The molecule has 0 radical (unpaired) electrons. The van der Waals surface area contributed by atoms with Gasteiger partial charge in [-0.3, -0.25) is 9.48 Å². The van der Waals surface area contributed by atoms with Gasteiger partial charge < -0.3 is 19.5 Å². The third-order valence-corrected chi connectivity index (χ3v) is 3.19. The molecule has 0 bridgehead atoms. The average molecular weight is 331 g/mol. The van der Waals surface area contributed by atoms with Gasteiger partial charge in [0.15, 0.2) is 0 Å². The van der Waals surface area contributed by atoms with E-state index < -0.39 is 0 Å². The third-order valence-electron chi connectivity index (χ3n) is 3.19. The lowest BCUT2D eigenvalue weighted by Gasteiger charge is -2.04. The van der Waals surface area contributed by atoms with Crippen molar-refractivity contribution in [3.63, 3.8) is 0 Å². The lowest BCUT2D eigenvalue weighted by molar-refractivity contribution is 0.0868. The number of benzene rings is 1. The van der Waals surface area contributed by atoms with Crippen LogP contribution in [0.3, 0.4) is 0 Å². The molecule has 0 aliphatic heterocycles. The molecule has 7 heteroatoms. The van der Waals surface area contributed by atoms with E-state index in [2.05, 4.69) is 17.0 Å². The van der Waals surface area contributed by atoms with Crippen LogP contribution in [0.15, 0.2) is 43.1 Å². The van der Waals surface area contributed by atoms with Crippen LogP contribution in [0.4, 0.5) is 0 Å². The smallest absolute Gasteiger partial charge is 0.260 e. The van der Waals surface area contributed by atoms with Crippen LogP contribution in [0.2, 0.25) is 0 Å². The van der Waals surface area contributed by atoms with Crippen LogP contribution in [0.5, 0.6) is 11.6 Å². The lowest BCUT2D eigenvalue weighted by atomic mass is 10.2. The zero-order chi connectivity index (χ0) is 17.4. The molecule has 2 aromatic rings. The highest BCUT2D eigenvalue weighted by atomic mass is 16.5. The third kappa shape index (κ3) is 4.60. The maximum absolute atomic E-state index is 12.2. The fourth-order valence-electron chi connectivity index (χ4n) is 2.04.